The van der Waals surface area contributed by atoms with Gasteiger partial charge in [0.05, 0.1) is 0 Å². The summed E-state index contributed by atoms with van der Waals surface area (Å²) in [5.74, 6) is -1.25. The molecule has 0 bridgehead atoms. The van der Waals surface area contributed by atoms with Crippen molar-refractivity contribution in [3.63, 3.8) is 0 Å². The molecule has 92 valence electrons. The summed E-state index contributed by atoms with van der Waals surface area (Å²) >= 11 is 0. The standard InChI is InChI=1S/C11H19NO4/c1-2-3-8-6-12(7-8)9(11(15)16)4-5-10(13)14/h8-9H,2-7H2,1H3,(H,13,14)(H,15,16). The van der Waals surface area contributed by atoms with Crippen molar-refractivity contribution in [3.05, 3.63) is 0 Å². The Morgan fingerprint density at radius 3 is 2.44 bits per heavy atom. The molecule has 0 saturated carbocycles. The van der Waals surface area contributed by atoms with Crippen molar-refractivity contribution in [1.82, 2.24) is 4.90 Å². The third kappa shape index (κ3) is 3.48. The topological polar surface area (TPSA) is 77.8 Å². The normalized spacial score (nSPS) is 19.1. The van der Waals surface area contributed by atoms with Crippen molar-refractivity contribution in [2.45, 2.75) is 38.6 Å². The molecule has 0 aliphatic carbocycles. The maximum Gasteiger partial charge on any atom is 0.320 e. The lowest BCUT2D eigenvalue weighted by Gasteiger charge is -2.42. The zero-order valence-corrected chi connectivity index (χ0v) is 9.56. The predicted octanol–water partition coefficient (Wildman–Crippen LogP) is 1.04. The summed E-state index contributed by atoms with van der Waals surface area (Å²) in [4.78, 5) is 23.3. The highest BCUT2D eigenvalue weighted by Crippen LogP contribution is 2.24. The Bertz CT molecular complexity index is 261. The molecular weight excluding hydrogens is 210 g/mol. The highest BCUT2D eigenvalue weighted by molar-refractivity contribution is 5.75. The minimum atomic E-state index is -0.933. The quantitative estimate of drug-likeness (QED) is 0.682. The molecule has 0 aromatic carbocycles. The molecule has 1 rings (SSSR count). The Hall–Kier alpha value is -1.10. The van der Waals surface area contributed by atoms with Crippen LogP contribution in [-0.4, -0.2) is 46.2 Å². The summed E-state index contributed by atoms with van der Waals surface area (Å²) < 4.78 is 0. The van der Waals surface area contributed by atoms with Crippen LogP contribution in [0.2, 0.25) is 0 Å². The zero-order valence-electron chi connectivity index (χ0n) is 9.56. The SMILES string of the molecule is CCCC1CN(C(CCC(=O)O)C(=O)O)C1. The van der Waals surface area contributed by atoms with Crippen molar-refractivity contribution in [2.75, 3.05) is 13.1 Å². The van der Waals surface area contributed by atoms with Crippen LogP contribution in [-0.2, 0) is 9.59 Å². The predicted molar refractivity (Wildman–Crippen MR) is 58.3 cm³/mol. The Labute approximate surface area is 95.1 Å². The van der Waals surface area contributed by atoms with Crippen LogP contribution in [0.15, 0.2) is 0 Å². The number of carbonyl (C=O) groups is 2. The van der Waals surface area contributed by atoms with Gasteiger partial charge in [-0.05, 0) is 18.8 Å². The van der Waals surface area contributed by atoms with Crippen LogP contribution in [0.1, 0.15) is 32.6 Å². The maximum absolute atomic E-state index is 11.0. The van der Waals surface area contributed by atoms with E-state index in [9.17, 15) is 9.59 Å². The number of rotatable bonds is 7. The van der Waals surface area contributed by atoms with Crippen LogP contribution < -0.4 is 0 Å². The first kappa shape index (κ1) is 13.0. The van der Waals surface area contributed by atoms with Crippen molar-refractivity contribution in [1.29, 1.82) is 0 Å². The molecule has 0 aromatic heterocycles. The van der Waals surface area contributed by atoms with Gasteiger partial charge in [0.15, 0.2) is 0 Å². The van der Waals surface area contributed by atoms with Gasteiger partial charge in [-0.15, -0.1) is 0 Å². The van der Waals surface area contributed by atoms with Gasteiger partial charge in [0.2, 0.25) is 0 Å². The molecule has 1 saturated heterocycles. The smallest absolute Gasteiger partial charge is 0.320 e. The molecule has 1 atom stereocenters. The van der Waals surface area contributed by atoms with E-state index in [0.29, 0.717) is 5.92 Å². The van der Waals surface area contributed by atoms with Gasteiger partial charge >= 0.3 is 11.9 Å². The summed E-state index contributed by atoms with van der Waals surface area (Å²) in [5.41, 5.74) is 0. The number of hydrogen-bond acceptors (Lipinski definition) is 3. The molecule has 1 fully saturated rings. The van der Waals surface area contributed by atoms with Gasteiger partial charge in [-0.2, -0.15) is 0 Å². The largest absolute Gasteiger partial charge is 0.481 e. The van der Waals surface area contributed by atoms with Crippen LogP contribution in [0.5, 0.6) is 0 Å². The van der Waals surface area contributed by atoms with Crippen LogP contribution in [0, 0.1) is 5.92 Å². The van der Waals surface area contributed by atoms with E-state index < -0.39 is 18.0 Å². The average molecular weight is 229 g/mol. The monoisotopic (exact) mass is 229 g/mol. The molecule has 2 N–H and O–H groups in total. The zero-order chi connectivity index (χ0) is 12.1. The Balaban J connectivity index is 2.35. The van der Waals surface area contributed by atoms with Gasteiger partial charge in [0, 0.05) is 19.5 Å². The minimum absolute atomic E-state index is 0.0775. The Kier molecular flexibility index (Phi) is 4.73. The molecule has 5 nitrogen and oxygen atoms in total. The van der Waals surface area contributed by atoms with E-state index in [2.05, 4.69) is 6.92 Å². The Morgan fingerprint density at radius 1 is 1.38 bits per heavy atom. The van der Waals surface area contributed by atoms with E-state index in [1.807, 2.05) is 4.90 Å². The molecule has 1 heterocycles. The molecule has 5 heteroatoms. The number of carboxylic acids is 2. The van der Waals surface area contributed by atoms with Crippen LogP contribution in [0.4, 0.5) is 0 Å². The maximum atomic E-state index is 11.0. The fourth-order valence-corrected chi connectivity index (χ4v) is 2.18. The summed E-state index contributed by atoms with van der Waals surface area (Å²) in [7, 11) is 0. The van der Waals surface area contributed by atoms with E-state index >= 15 is 0 Å². The first-order valence-electron chi connectivity index (χ1n) is 5.73. The van der Waals surface area contributed by atoms with Gasteiger partial charge in [-0.1, -0.05) is 13.3 Å². The molecule has 1 aliphatic heterocycles. The van der Waals surface area contributed by atoms with Crippen molar-refractivity contribution < 1.29 is 19.8 Å². The lowest BCUT2D eigenvalue weighted by molar-refractivity contribution is -0.147. The lowest BCUT2D eigenvalue weighted by Crippen LogP contribution is -2.54. The van der Waals surface area contributed by atoms with Crippen molar-refractivity contribution in [3.8, 4) is 0 Å². The Morgan fingerprint density at radius 2 is 2.00 bits per heavy atom. The minimum Gasteiger partial charge on any atom is -0.481 e. The molecule has 0 spiro atoms. The summed E-state index contributed by atoms with van der Waals surface area (Å²) in [6.45, 7) is 3.70. The molecule has 16 heavy (non-hydrogen) atoms. The molecule has 0 amide bonds. The highest BCUT2D eigenvalue weighted by atomic mass is 16.4. The van der Waals surface area contributed by atoms with Crippen molar-refractivity contribution >= 4 is 11.9 Å². The first-order valence-corrected chi connectivity index (χ1v) is 5.73. The fraction of sp³-hybridized carbons (Fsp3) is 0.818. The van der Waals surface area contributed by atoms with Gasteiger partial charge < -0.3 is 10.2 Å². The first-order chi connectivity index (χ1) is 7.54. The number of likely N-dealkylation sites (tertiary alicyclic amines) is 1. The van der Waals surface area contributed by atoms with Crippen molar-refractivity contribution in [2.24, 2.45) is 5.92 Å². The summed E-state index contributed by atoms with van der Waals surface area (Å²) in [5, 5.41) is 17.5. The lowest BCUT2D eigenvalue weighted by atomic mass is 9.92. The fourth-order valence-electron chi connectivity index (χ4n) is 2.18. The molecule has 0 radical (unpaired) electrons. The number of nitrogens with zero attached hydrogens (tertiary/aromatic N) is 1. The van der Waals surface area contributed by atoms with E-state index in [0.717, 1.165) is 25.9 Å². The third-order valence-electron chi connectivity index (χ3n) is 3.04. The second-order valence-electron chi connectivity index (χ2n) is 4.40. The van der Waals surface area contributed by atoms with Gasteiger partial charge in [0.1, 0.15) is 6.04 Å². The second-order valence-corrected chi connectivity index (χ2v) is 4.40. The van der Waals surface area contributed by atoms with Gasteiger partial charge in [-0.25, -0.2) is 0 Å². The number of aliphatic carboxylic acids is 2. The van der Waals surface area contributed by atoms with E-state index in [4.69, 9.17) is 10.2 Å². The van der Waals surface area contributed by atoms with E-state index in [1.54, 1.807) is 0 Å². The highest BCUT2D eigenvalue weighted by Gasteiger charge is 2.35. The second kappa shape index (κ2) is 5.84. The van der Waals surface area contributed by atoms with E-state index in [-0.39, 0.29) is 12.8 Å². The molecule has 0 aromatic rings. The van der Waals surface area contributed by atoms with Gasteiger partial charge in [-0.3, -0.25) is 14.5 Å². The number of hydrogen-bond donors (Lipinski definition) is 2. The van der Waals surface area contributed by atoms with Gasteiger partial charge in [0.25, 0.3) is 0 Å². The summed E-state index contributed by atoms with van der Waals surface area (Å²) in [6.07, 6.45) is 2.36. The molecular formula is C11H19NO4. The number of carboxylic acid groups (broad SMARTS) is 2. The molecule has 1 aliphatic rings. The summed E-state index contributed by atoms with van der Waals surface area (Å²) in [6, 6.07) is -0.621. The third-order valence-corrected chi connectivity index (χ3v) is 3.04. The van der Waals surface area contributed by atoms with Crippen LogP contribution >= 0.6 is 0 Å². The van der Waals surface area contributed by atoms with Crippen LogP contribution in [0.25, 0.3) is 0 Å². The average Bonchev–Trinajstić information content (AvgIpc) is 2.12. The van der Waals surface area contributed by atoms with Crippen LogP contribution in [0.3, 0.4) is 0 Å². The molecule has 1 unspecified atom stereocenters. The van der Waals surface area contributed by atoms with E-state index in [1.165, 1.54) is 0 Å².